The smallest absolute Gasteiger partial charge is 0.250 e. The predicted octanol–water partition coefficient (Wildman–Crippen LogP) is 2.71. The molecule has 0 aromatic carbocycles. The Labute approximate surface area is 207 Å². The summed E-state index contributed by atoms with van der Waals surface area (Å²) < 4.78 is 0. The monoisotopic (exact) mass is 486 g/mol. The molecule has 2 aliphatic carbocycles. The van der Waals surface area contributed by atoms with E-state index < -0.39 is 5.60 Å². The van der Waals surface area contributed by atoms with Crippen molar-refractivity contribution in [2.45, 2.75) is 51.8 Å². The maximum Gasteiger partial charge on any atom is 0.250 e. The third-order valence-electron chi connectivity index (χ3n) is 7.32. The standard InChI is InChI=1S/C26H35ClN4O3/c1-17-29(4)23(21-11-10-20(27)6-5-7-22(21)28-13-18-8-9-18)12-24(32)31(17)16-25(33)30-14-19(15-30)26(2,3)34/h5,10-12,17-19,28,34H,7-9,13-16H2,1-4H3/b11-10-,22-21-. The van der Waals surface area contributed by atoms with E-state index in [1.54, 1.807) is 35.8 Å². The molecular weight excluding hydrogens is 452 g/mol. The van der Waals surface area contributed by atoms with Gasteiger partial charge in [-0.25, -0.2) is 0 Å². The van der Waals surface area contributed by atoms with E-state index in [4.69, 9.17) is 11.6 Å². The highest BCUT2D eigenvalue weighted by Gasteiger charge is 2.41. The van der Waals surface area contributed by atoms with Gasteiger partial charge in [0.25, 0.3) is 5.91 Å². The first-order chi connectivity index (χ1) is 16.0. The van der Waals surface area contributed by atoms with Crippen molar-refractivity contribution < 1.29 is 14.7 Å². The van der Waals surface area contributed by atoms with Gasteiger partial charge in [0.2, 0.25) is 5.91 Å². The number of likely N-dealkylation sites (N-methyl/N-ethyl adjacent to an activating group) is 1. The van der Waals surface area contributed by atoms with Gasteiger partial charge in [-0.2, -0.15) is 0 Å². The van der Waals surface area contributed by atoms with Crippen LogP contribution in [0.3, 0.4) is 0 Å². The molecule has 1 saturated heterocycles. The summed E-state index contributed by atoms with van der Waals surface area (Å²) in [6.45, 7) is 7.44. The second kappa shape index (κ2) is 9.65. The van der Waals surface area contributed by atoms with Gasteiger partial charge in [0, 0.05) is 56.4 Å². The molecule has 0 bridgehead atoms. The van der Waals surface area contributed by atoms with E-state index in [1.165, 1.54) is 12.8 Å². The maximum atomic E-state index is 13.2. The number of halogens is 1. The summed E-state index contributed by atoms with van der Waals surface area (Å²) in [5.74, 6) is 0.499. The predicted molar refractivity (Wildman–Crippen MR) is 132 cm³/mol. The first-order valence-corrected chi connectivity index (χ1v) is 12.4. The summed E-state index contributed by atoms with van der Waals surface area (Å²) in [4.78, 5) is 31.4. The molecule has 2 amide bonds. The number of nitrogens with zero attached hydrogens (tertiary/aromatic N) is 3. The average molecular weight is 487 g/mol. The van der Waals surface area contributed by atoms with E-state index in [-0.39, 0.29) is 30.4 Å². The van der Waals surface area contributed by atoms with Gasteiger partial charge in [0.1, 0.15) is 12.7 Å². The Morgan fingerprint density at radius 3 is 2.65 bits per heavy atom. The number of allylic oxidation sites excluding steroid dienone is 3. The van der Waals surface area contributed by atoms with Crippen LogP contribution in [0.25, 0.3) is 0 Å². The van der Waals surface area contributed by atoms with Gasteiger partial charge in [-0.1, -0.05) is 11.6 Å². The van der Waals surface area contributed by atoms with Crippen LogP contribution in [0.4, 0.5) is 0 Å². The van der Waals surface area contributed by atoms with Crippen LogP contribution in [0.5, 0.6) is 0 Å². The molecule has 2 fully saturated rings. The maximum absolute atomic E-state index is 13.2. The SMILES string of the molecule is CC1N(C)C(C2=C(\NCC3CC3)CC=C=C(Cl)/C=C\2)=CC(=O)N1CC(=O)N1CC(C(C)(C)O)C1. The van der Waals surface area contributed by atoms with Crippen molar-refractivity contribution in [3.05, 3.63) is 52.0 Å². The molecule has 4 rings (SSSR count). The van der Waals surface area contributed by atoms with Crippen molar-refractivity contribution in [1.82, 2.24) is 20.0 Å². The highest BCUT2D eigenvalue weighted by Crippen LogP contribution is 2.32. The van der Waals surface area contributed by atoms with Crippen molar-refractivity contribution in [2.75, 3.05) is 33.2 Å². The second-order valence-electron chi connectivity index (χ2n) is 10.3. The molecular formula is C26H35ClN4O3. The van der Waals surface area contributed by atoms with Crippen LogP contribution >= 0.6 is 11.6 Å². The van der Waals surface area contributed by atoms with E-state index in [9.17, 15) is 14.7 Å². The molecule has 2 N–H and O–H groups in total. The van der Waals surface area contributed by atoms with Gasteiger partial charge in [0.05, 0.1) is 16.3 Å². The van der Waals surface area contributed by atoms with Gasteiger partial charge in [-0.15, -0.1) is 5.73 Å². The zero-order valence-electron chi connectivity index (χ0n) is 20.5. The Morgan fingerprint density at radius 2 is 2.00 bits per heavy atom. The van der Waals surface area contributed by atoms with Crippen LogP contribution in [0, 0.1) is 11.8 Å². The first-order valence-electron chi connectivity index (χ1n) is 12.1. The molecule has 0 aromatic heterocycles. The Bertz CT molecular complexity index is 1010. The molecule has 0 aromatic rings. The quantitative estimate of drug-likeness (QED) is 0.541. The van der Waals surface area contributed by atoms with Crippen LogP contribution in [0.1, 0.15) is 40.0 Å². The third kappa shape index (κ3) is 5.43. The van der Waals surface area contributed by atoms with Crippen LogP contribution in [0.2, 0.25) is 0 Å². The number of nitrogens with one attached hydrogen (secondary N) is 1. The summed E-state index contributed by atoms with van der Waals surface area (Å²) in [5, 5.41) is 14.2. The lowest BCUT2D eigenvalue weighted by atomic mass is 9.84. The number of hydrogen-bond acceptors (Lipinski definition) is 5. The number of carbonyl (C=O) groups excluding carboxylic acids is 2. The Morgan fingerprint density at radius 1 is 1.29 bits per heavy atom. The Kier molecular flexibility index (Phi) is 6.99. The van der Waals surface area contributed by atoms with E-state index >= 15 is 0 Å². The van der Waals surface area contributed by atoms with Gasteiger partial charge < -0.3 is 25.1 Å². The average Bonchev–Trinajstić information content (AvgIpc) is 3.53. The van der Waals surface area contributed by atoms with Crippen molar-refractivity contribution >= 4 is 23.4 Å². The molecule has 1 atom stereocenters. The van der Waals surface area contributed by atoms with Crippen molar-refractivity contribution in [3.63, 3.8) is 0 Å². The number of likely N-dealkylation sites (tertiary alicyclic amines) is 1. The molecule has 1 saturated carbocycles. The minimum atomic E-state index is -0.805. The van der Waals surface area contributed by atoms with Crippen molar-refractivity contribution in [3.8, 4) is 0 Å². The van der Waals surface area contributed by atoms with Gasteiger partial charge in [-0.05, 0) is 57.8 Å². The fourth-order valence-corrected chi connectivity index (χ4v) is 4.55. The first kappa shape index (κ1) is 24.6. The number of carbonyl (C=O) groups is 2. The van der Waals surface area contributed by atoms with Crippen molar-refractivity contribution in [2.24, 2.45) is 11.8 Å². The van der Waals surface area contributed by atoms with Crippen LogP contribution in [-0.2, 0) is 9.59 Å². The molecule has 4 aliphatic rings. The van der Waals surface area contributed by atoms with Gasteiger partial charge in [0.15, 0.2) is 0 Å². The molecule has 0 spiro atoms. The highest BCUT2D eigenvalue weighted by molar-refractivity contribution is 6.31. The largest absolute Gasteiger partial charge is 0.390 e. The number of aliphatic hydroxyl groups is 1. The van der Waals surface area contributed by atoms with E-state index in [1.807, 2.05) is 31.0 Å². The molecule has 34 heavy (non-hydrogen) atoms. The van der Waals surface area contributed by atoms with Crippen molar-refractivity contribution in [1.29, 1.82) is 0 Å². The van der Waals surface area contributed by atoms with Gasteiger partial charge >= 0.3 is 0 Å². The summed E-state index contributed by atoms with van der Waals surface area (Å²) in [7, 11) is 1.94. The number of hydrogen-bond donors (Lipinski definition) is 2. The summed E-state index contributed by atoms with van der Waals surface area (Å²) >= 11 is 6.22. The van der Waals surface area contributed by atoms with Gasteiger partial charge in [-0.3, -0.25) is 9.59 Å². The highest BCUT2D eigenvalue weighted by atomic mass is 35.5. The fourth-order valence-electron chi connectivity index (χ4n) is 4.41. The second-order valence-corrected chi connectivity index (χ2v) is 10.7. The lowest BCUT2D eigenvalue weighted by Crippen LogP contribution is -2.61. The summed E-state index contributed by atoms with van der Waals surface area (Å²) in [5.41, 5.74) is 5.04. The summed E-state index contributed by atoms with van der Waals surface area (Å²) in [6, 6.07) is 0. The Hall–Kier alpha value is -2.47. The lowest BCUT2D eigenvalue weighted by molar-refractivity contribution is -0.151. The molecule has 2 heterocycles. The molecule has 8 heteroatoms. The third-order valence-corrected chi connectivity index (χ3v) is 7.55. The van der Waals surface area contributed by atoms with E-state index in [0.717, 1.165) is 23.5 Å². The number of amides is 2. The normalized spacial score (nSPS) is 27.1. The topological polar surface area (TPSA) is 76.1 Å². The fraction of sp³-hybridized carbons (Fsp3) is 0.577. The minimum Gasteiger partial charge on any atom is -0.390 e. The summed E-state index contributed by atoms with van der Waals surface area (Å²) in [6.07, 6.45) is 10.1. The molecule has 7 nitrogen and oxygen atoms in total. The Balaban J connectivity index is 1.51. The molecule has 184 valence electrons. The van der Waals surface area contributed by atoms with E-state index in [2.05, 4.69) is 11.0 Å². The zero-order valence-corrected chi connectivity index (χ0v) is 21.2. The van der Waals surface area contributed by atoms with Crippen LogP contribution in [0.15, 0.2) is 52.0 Å². The number of rotatable bonds is 7. The minimum absolute atomic E-state index is 0.0195. The lowest BCUT2D eigenvalue weighted by Gasteiger charge is -2.47. The zero-order chi connectivity index (χ0) is 24.6. The molecule has 1 unspecified atom stereocenters. The molecule has 2 aliphatic heterocycles. The van der Waals surface area contributed by atoms with Crippen LogP contribution < -0.4 is 5.32 Å². The van der Waals surface area contributed by atoms with E-state index in [0.29, 0.717) is 30.5 Å². The van der Waals surface area contributed by atoms with Crippen LogP contribution in [-0.4, -0.2) is 76.6 Å². The molecule has 0 radical (unpaired) electrons.